The number of likely N-dealkylation sites (tertiary alicyclic amines) is 1. The molecule has 6 heteroatoms. The van der Waals surface area contributed by atoms with E-state index in [0.29, 0.717) is 0 Å². The number of carbonyl (C=O) groups excluding carboxylic acids is 2. The molecule has 1 rings (SSSR count). The Bertz CT molecular complexity index is 351. The molecule has 0 bridgehead atoms. The van der Waals surface area contributed by atoms with Crippen LogP contribution in [0.5, 0.6) is 0 Å². The predicted molar refractivity (Wildman–Crippen MR) is 53.7 cm³/mol. The minimum atomic E-state index is -1.33. The number of allylic oxidation sites excluding steroid dienone is 1. The highest BCUT2D eigenvalue weighted by molar-refractivity contribution is 5.96. The molecule has 90 valence electrons. The molecule has 2 atom stereocenters. The summed E-state index contributed by atoms with van der Waals surface area (Å²) in [6.45, 7) is 2.57. The van der Waals surface area contributed by atoms with Gasteiger partial charge < -0.3 is 10.6 Å². The molecule has 4 nitrogen and oxygen atoms in total. The lowest BCUT2D eigenvalue weighted by atomic mass is 10.2. The van der Waals surface area contributed by atoms with Crippen LogP contribution in [0.3, 0.4) is 0 Å². The van der Waals surface area contributed by atoms with Crippen LogP contribution >= 0.6 is 0 Å². The monoisotopic (exact) mass is 232 g/mol. The Balaban J connectivity index is 2.91. The number of primary amides is 1. The van der Waals surface area contributed by atoms with Crippen molar-refractivity contribution in [1.82, 2.24) is 4.90 Å². The molecular weight excluding hydrogens is 218 g/mol. The Kier molecular flexibility index (Phi) is 3.62. The summed E-state index contributed by atoms with van der Waals surface area (Å²) in [6, 6.07) is -1.05. The van der Waals surface area contributed by atoms with E-state index in [1.54, 1.807) is 0 Å². The molecule has 2 amide bonds. The molecule has 0 aliphatic carbocycles. The van der Waals surface area contributed by atoms with E-state index in [-0.39, 0.29) is 18.5 Å². The van der Waals surface area contributed by atoms with Gasteiger partial charge in [0.2, 0.25) is 5.91 Å². The second-order valence-corrected chi connectivity index (χ2v) is 4.02. The number of alkyl halides is 1. The minimum Gasteiger partial charge on any atom is -0.368 e. The van der Waals surface area contributed by atoms with E-state index in [4.69, 9.17) is 5.73 Å². The average molecular weight is 232 g/mol. The summed E-state index contributed by atoms with van der Waals surface area (Å²) < 4.78 is 26.4. The number of halogens is 2. The molecule has 2 N–H and O–H groups in total. The summed E-state index contributed by atoms with van der Waals surface area (Å²) in [7, 11) is 0. The van der Waals surface area contributed by atoms with Gasteiger partial charge in [0, 0.05) is 6.42 Å². The third-order valence-electron chi connectivity index (χ3n) is 2.47. The van der Waals surface area contributed by atoms with Gasteiger partial charge in [-0.1, -0.05) is 0 Å². The van der Waals surface area contributed by atoms with Crippen molar-refractivity contribution in [2.75, 3.05) is 6.54 Å². The number of hydrogen-bond donors (Lipinski definition) is 1. The van der Waals surface area contributed by atoms with Crippen molar-refractivity contribution >= 4 is 11.8 Å². The first-order valence-electron chi connectivity index (χ1n) is 4.92. The van der Waals surface area contributed by atoms with Crippen LogP contribution in [0.2, 0.25) is 0 Å². The van der Waals surface area contributed by atoms with E-state index >= 15 is 0 Å². The van der Waals surface area contributed by atoms with Crippen LogP contribution in [0.1, 0.15) is 20.3 Å². The zero-order chi connectivity index (χ0) is 12.5. The first kappa shape index (κ1) is 12.6. The number of amides is 2. The van der Waals surface area contributed by atoms with Crippen molar-refractivity contribution in [2.45, 2.75) is 32.5 Å². The van der Waals surface area contributed by atoms with Crippen molar-refractivity contribution in [3.63, 3.8) is 0 Å². The maximum atomic E-state index is 13.3. The predicted octanol–water partition coefficient (Wildman–Crippen LogP) is 0.674. The van der Waals surface area contributed by atoms with E-state index in [9.17, 15) is 18.4 Å². The Hall–Kier alpha value is -1.46. The molecule has 0 unspecified atom stereocenters. The van der Waals surface area contributed by atoms with Gasteiger partial charge in [0.05, 0.1) is 6.54 Å². The highest BCUT2D eigenvalue weighted by Crippen LogP contribution is 2.23. The molecule has 0 radical (unpaired) electrons. The third-order valence-corrected chi connectivity index (χ3v) is 2.47. The van der Waals surface area contributed by atoms with Gasteiger partial charge in [0.1, 0.15) is 12.2 Å². The molecule has 1 heterocycles. The second kappa shape index (κ2) is 4.59. The molecule has 1 saturated heterocycles. The third kappa shape index (κ3) is 2.37. The molecule has 1 aliphatic rings. The van der Waals surface area contributed by atoms with Crippen molar-refractivity contribution in [2.24, 2.45) is 5.73 Å². The molecule has 16 heavy (non-hydrogen) atoms. The number of rotatable bonds is 2. The number of nitrogens with zero attached hydrogens (tertiary/aromatic N) is 1. The van der Waals surface area contributed by atoms with Crippen molar-refractivity contribution in [3.8, 4) is 0 Å². The lowest BCUT2D eigenvalue weighted by Crippen LogP contribution is -2.44. The summed E-state index contributed by atoms with van der Waals surface area (Å²) in [4.78, 5) is 23.4. The second-order valence-electron chi connectivity index (χ2n) is 4.02. The van der Waals surface area contributed by atoms with E-state index in [0.717, 1.165) is 4.90 Å². The first-order valence-corrected chi connectivity index (χ1v) is 4.92. The fourth-order valence-electron chi connectivity index (χ4n) is 1.62. The van der Waals surface area contributed by atoms with Gasteiger partial charge in [0.25, 0.3) is 5.91 Å². The lowest BCUT2D eigenvalue weighted by molar-refractivity contribution is -0.135. The molecule has 0 aromatic heterocycles. The van der Waals surface area contributed by atoms with E-state index in [1.807, 2.05) is 0 Å². The molecule has 1 fully saturated rings. The van der Waals surface area contributed by atoms with Crippen LogP contribution < -0.4 is 5.73 Å². The number of hydrogen-bond acceptors (Lipinski definition) is 2. The quantitative estimate of drug-likeness (QED) is 0.711. The number of carbonyl (C=O) groups is 2. The molecule has 0 saturated carbocycles. The smallest absolute Gasteiger partial charge is 0.283 e. The molecule has 0 spiro atoms. The van der Waals surface area contributed by atoms with Crippen LogP contribution in [-0.2, 0) is 9.59 Å². The Morgan fingerprint density at radius 3 is 2.38 bits per heavy atom. The first-order chi connectivity index (χ1) is 7.34. The van der Waals surface area contributed by atoms with Crippen molar-refractivity contribution < 1.29 is 18.4 Å². The standard InChI is InChI=1S/C10H14F2N2O2/c1-5(2)8(12)10(16)14-4-6(11)3-7(14)9(13)15/h6-7H,3-4H2,1-2H3,(H2,13,15)/t6-,7+/m1/s1. The Labute approximate surface area is 92.1 Å². The van der Waals surface area contributed by atoms with Crippen LogP contribution in [-0.4, -0.2) is 35.5 Å². The zero-order valence-electron chi connectivity index (χ0n) is 9.17. The van der Waals surface area contributed by atoms with Crippen LogP contribution in [0.25, 0.3) is 0 Å². The maximum Gasteiger partial charge on any atom is 0.283 e. The Morgan fingerprint density at radius 1 is 1.38 bits per heavy atom. The Morgan fingerprint density at radius 2 is 1.94 bits per heavy atom. The van der Waals surface area contributed by atoms with E-state index in [1.165, 1.54) is 13.8 Å². The molecule has 0 aromatic carbocycles. The van der Waals surface area contributed by atoms with Gasteiger partial charge >= 0.3 is 0 Å². The van der Waals surface area contributed by atoms with Crippen molar-refractivity contribution in [3.05, 3.63) is 11.4 Å². The van der Waals surface area contributed by atoms with Crippen LogP contribution in [0.4, 0.5) is 8.78 Å². The fraction of sp³-hybridized carbons (Fsp3) is 0.600. The molecular formula is C10H14F2N2O2. The summed E-state index contributed by atoms with van der Waals surface area (Å²) in [5, 5.41) is 0. The van der Waals surface area contributed by atoms with Gasteiger partial charge in [-0.15, -0.1) is 0 Å². The van der Waals surface area contributed by atoms with E-state index in [2.05, 4.69) is 0 Å². The van der Waals surface area contributed by atoms with Gasteiger partial charge in [-0.05, 0) is 19.4 Å². The normalized spacial score (nSPS) is 24.4. The molecule has 0 aromatic rings. The maximum absolute atomic E-state index is 13.3. The summed E-state index contributed by atoms with van der Waals surface area (Å²) in [5.41, 5.74) is 5.22. The van der Waals surface area contributed by atoms with Gasteiger partial charge in [-0.3, -0.25) is 9.59 Å². The molecule has 1 aliphatic heterocycles. The van der Waals surface area contributed by atoms with E-state index < -0.39 is 29.9 Å². The van der Waals surface area contributed by atoms with Gasteiger partial charge in [-0.25, -0.2) is 8.78 Å². The topological polar surface area (TPSA) is 63.4 Å². The van der Waals surface area contributed by atoms with Crippen molar-refractivity contribution in [1.29, 1.82) is 0 Å². The van der Waals surface area contributed by atoms with Crippen LogP contribution in [0, 0.1) is 0 Å². The summed E-state index contributed by atoms with van der Waals surface area (Å²) >= 11 is 0. The lowest BCUT2D eigenvalue weighted by Gasteiger charge is -2.21. The highest BCUT2D eigenvalue weighted by Gasteiger charge is 2.40. The number of nitrogens with two attached hydrogens (primary N) is 1. The fourth-order valence-corrected chi connectivity index (χ4v) is 1.62. The van der Waals surface area contributed by atoms with Gasteiger partial charge in [-0.2, -0.15) is 0 Å². The summed E-state index contributed by atoms with van der Waals surface area (Å²) in [5.74, 6) is -2.74. The summed E-state index contributed by atoms with van der Waals surface area (Å²) in [6.07, 6.45) is -1.48. The average Bonchev–Trinajstić information content (AvgIpc) is 2.58. The largest absolute Gasteiger partial charge is 0.368 e. The SMILES string of the molecule is CC(C)=C(F)C(=O)N1C[C@H](F)C[C@H]1C(N)=O. The van der Waals surface area contributed by atoms with Gasteiger partial charge in [0.15, 0.2) is 5.83 Å². The zero-order valence-corrected chi connectivity index (χ0v) is 9.17. The minimum absolute atomic E-state index is 0.156. The highest BCUT2D eigenvalue weighted by atomic mass is 19.1. The van der Waals surface area contributed by atoms with Crippen LogP contribution in [0.15, 0.2) is 11.4 Å².